The van der Waals surface area contributed by atoms with Crippen LogP contribution in [-0.4, -0.2) is 31.9 Å². The number of carboxylic acids is 1. The topological polar surface area (TPSA) is 79.8 Å². The van der Waals surface area contributed by atoms with Gasteiger partial charge < -0.3 is 5.11 Å². The van der Waals surface area contributed by atoms with Gasteiger partial charge in [0.05, 0.1) is 12.4 Å². The fourth-order valence-electron chi connectivity index (χ4n) is 1.63. The van der Waals surface area contributed by atoms with Crippen LogP contribution in [0.2, 0.25) is 0 Å². The summed E-state index contributed by atoms with van der Waals surface area (Å²) in [5.41, 5.74) is 2.25. The standard InChI is InChI=1S/C9H6N4O2/c14-9(15)6-4-11-8-7-5(1-2-10-7)3-12-13(6)8/h2-4H,1H2,(H,14,15). The van der Waals surface area contributed by atoms with Crippen LogP contribution in [0.4, 0.5) is 5.69 Å². The second kappa shape index (κ2) is 2.63. The van der Waals surface area contributed by atoms with Crippen molar-refractivity contribution in [3.8, 4) is 0 Å². The molecule has 2 aromatic heterocycles. The van der Waals surface area contributed by atoms with Gasteiger partial charge in [0.1, 0.15) is 5.69 Å². The van der Waals surface area contributed by atoms with E-state index in [0.717, 1.165) is 17.7 Å². The summed E-state index contributed by atoms with van der Waals surface area (Å²) in [6.07, 6.45) is 5.41. The van der Waals surface area contributed by atoms with Crippen molar-refractivity contribution in [2.75, 3.05) is 0 Å². The molecule has 0 aliphatic carbocycles. The first-order valence-electron chi connectivity index (χ1n) is 4.39. The fraction of sp³-hybridized carbons (Fsp3) is 0.111. The van der Waals surface area contributed by atoms with Crippen molar-refractivity contribution >= 4 is 23.5 Å². The molecular weight excluding hydrogens is 196 g/mol. The van der Waals surface area contributed by atoms with Gasteiger partial charge in [-0.2, -0.15) is 5.10 Å². The largest absolute Gasteiger partial charge is 0.476 e. The predicted octanol–water partition coefficient (Wildman–Crippen LogP) is 0.686. The molecule has 6 nitrogen and oxygen atoms in total. The van der Waals surface area contributed by atoms with Crippen LogP contribution in [0.5, 0.6) is 0 Å². The smallest absolute Gasteiger partial charge is 0.356 e. The lowest BCUT2D eigenvalue weighted by atomic mass is 10.2. The Hall–Kier alpha value is -2.24. The van der Waals surface area contributed by atoms with Crippen LogP contribution in [0.25, 0.3) is 5.65 Å². The molecule has 0 atom stereocenters. The van der Waals surface area contributed by atoms with Crippen molar-refractivity contribution in [1.82, 2.24) is 14.6 Å². The Morgan fingerprint density at radius 2 is 2.33 bits per heavy atom. The molecule has 1 aliphatic heterocycles. The van der Waals surface area contributed by atoms with Gasteiger partial charge in [-0.3, -0.25) is 4.99 Å². The highest BCUT2D eigenvalue weighted by Crippen LogP contribution is 2.27. The third kappa shape index (κ3) is 0.983. The van der Waals surface area contributed by atoms with Crippen LogP contribution < -0.4 is 0 Å². The molecule has 0 spiro atoms. The maximum absolute atomic E-state index is 10.8. The Labute approximate surface area is 83.9 Å². The van der Waals surface area contributed by atoms with Crippen LogP contribution in [0.3, 0.4) is 0 Å². The summed E-state index contributed by atoms with van der Waals surface area (Å²) >= 11 is 0. The number of carbonyl (C=O) groups is 1. The van der Waals surface area contributed by atoms with Crippen molar-refractivity contribution in [3.05, 3.63) is 23.7 Å². The number of rotatable bonds is 1. The van der Waals surface area contributed by atoms with Crippen molar-refractivity contribution in [2.24, 2.45) is 4.99 Å². The second-order valence-electron chi connectivity index (χ2n) is 3.22. The number of carboxylic acid groups (broad SMARTS) is 1. The van der Waals surface area contributed by atoms with Gasteiger partial charge in [-0.05, 0) is 0 Å². The minimum atomic E-state index is -1.04. The van der Waals surface area contributed by atoms with E-state index in [1.54, 1.807) is 12.4 Å². The maximum Gasteiger partial charge on any atom is 0.356 e. The van der Waals surface area contributed by atoms with Crippen LogP contribution in [0, 0.1) is 0 Å². The van der Waals surface area contributed by atoms with Gasteiger partial charge in [0.2, 0.25) is 0 Å². The van der Waals surface area contributed by atoms with Crippen LogP contribution in [0.15, 0.2) is 17.4 Å². The molecule has 1 aliphatic rings. The number of imidazole rings is 1. The third-order valence-corrected chi connectivity index (χ3v) is 2.33. The average molecular weight is 202 g/mol. The van der Waals surface area contributed by atoms with Gasteiger partial charge in [-0.1, -0.05) is 0 Å². The quantitative estimate of drug-likeness (QED) is 0.737. The van der Waals surface area contributed by atoms with Crippen LogP contribution in [-0.2, 0) is 6.42 Å². The number of nitrogens with zero attached hydrogens (tertiary/aromatic N) is 4. The van der Waals surface area contributed by atoms with Crippen molar-refractivity contribution in [1.29, 1.82) is 0 Å². The molecule has 6 heteroatoms. The van der Waals surface area contributed by atoms with E-state index < -0.39 is 5.97 Å². The van der Waals surface area contributed by atoms with Gasteiger partial charge >= 0.3 is 5.97 Å². The summed E-state index contributed by atoms with van der Waals surface area (Å²) < 4.78 is 1.30. The first kappa shape index (κ1) is 8.10. The number of fused-ring (bicyclic) bond motifs is 3. The minimum absolute atomic E-state index is 0.0508. The normalized spacial score (nSPS) is 13.3. The summed E-state index contributed by atoms with van der Waals surface area (Å²) in [5.74, 6) is -1.04. The summed E-state index contributed by atoms with van der Waals surface area (Å²) in [6.45, 7) is 0. The first-order chi connectivity index (χ1) is 7.27. The zero-order chi connectivity index (χ0) is 10.4. The number of hydrogen-bond donors (Lipinski definition) is 1. The molecule has 2 aromatic rings. The molecule has 0 aromatic carbocycles. The third-order valence-electron chi connectivity index (χ3n) is 2.33. The molecule has 15 heavy (non-hydrogen) atoms. The molecule has 0 fully saturated rings. The molecule has 0 amide bonds. The Morgan fingerprint density at radius 3 is 3.13 bits per heavy atom. The lowest BCUT2D eigenvalue weighted by molar-refractivity contribution is 0.0688. The Kier molecular flexibility index (Phi) is 1.42. The molecule has 3 heterocycles. The fourth-order valence-corrected chi connectivity index (χ4v) is 1.63. The molecule has 0 radical (unpaired) electrons. The summed E-state index contributed by atoms with van der Waals surface area (Å²) in [6, 6.07) is 0. The zero-order valence-electron chi connectivity index (χ0n) is 7.58. The van der Waals surface area contributed by atoms with Crippen LogP contribution >= 0.6 is 0 Å². The minimum Gasteiger partial charge on any atom is -0.476 e. The van der Waals surface area contributed by atoms with E-state index in [0.29, 0.717) is 5.65 Å². The first-order valence-corrected chi connectivity index (χ1v) is 4.39. The van der Waals surface area contributed by atoms with Crippen molar-refractivity contribution in [2.45, 2.75) is 6.42 Å². The van der Waals surface area contributed by atoms with Gasteiger partial charge in [-0.15, -0.1) is 0 Å². The van der Waals surface area contributed by atoms with E-state index in [4.69, 9.17) is 5.11 Å². The Bertz CT molecular complexity index is 599. The van der Waals surface area contributed by atoms with E-state index in [1.165, 1.54) is 10.7 Å². The SMILES string of the molecule is O=C(O)c1cnc2c3c(cnn12)CC=N3. The second-order valence-corrected chi connectivity index (χ2v) is 3.22. The zero-order valence-corrected chi connectivity index (χ0v) is 7.58. The molecule has 0 saturated heterocycles. The predicted molar refractivity (Wildman–Crippen MR) is 51.8 cm³/mol. The maximum atomic E-state index is 10.8. The number of aromatic nitrogens is 3. The molecule has 0 bridgehead atoms. The lowest BCUT2D eigenvalue weighted by Crippen LogP contribution is -2.04. The van der Waals surface area contributed by atoms with Crippen molar-refractivity contribution in [3.63, 3.8) is 0 Å². The van der Waals surface area contributed by atoms with E-state index in [1.807, 2.05) is 0 Å². The highest BCUT2D eigenvalue weighted by Gasteiger charge is 2.17. The highest BCUT2D eigenvalue weighted by molar-refractivity contribution is 5.89. The lowest BCUT2D eigenvalue weighted by Gasteiger charge is -1.99. The van der Waals surface area contributed by atoms with Gasteiger partial charge in [0, 0.05) is 18.2 Å². The summed E-state index contributed by atoms with van der Waals surface area (Å²) in [5, 5.41) is 12.9. The number of hydrogen-bond acceptors (Lipinski definition) is 4. The van der Waals surface area contributed by atoms with E-state index in [-0.39, 0.29) is 5.69 Å². The Balaban J connectivity index is 2.39. The highest BCUT2D eigenvalue weighted by atomic mass is 16.4. The Morgan fingerprint density at radius 1 is 1.47 bits per heavy atom. The van der Waals surface area contributed by atoms with E-state index in [2.05, 4.69) is 15.1 Å². The molecular formula is C9H6N4O2. The molecule has 1 N–H and O–H groups in total. The van der Waals surface area contributed by atoms with Crippen molar-refractivity contribution < 1.29 is 9.90 Å². The molecule has 0 saturated carbocycles. The van der Waals surface area contributed by atoms with Gasteiger partial charge in [-0.25, -0.2) is 14.3 Å². The molecule has 74 valence electrons. The monoisotopic (exact) mass is 202 g/mol. The van der Waals surface area contributed by atoms with E-state index >= 15 is 0 Å². The number of aliphatic imine (C=N–C) groups is 1. The summed E-state index contributed by atoms with van der Waals surface area (Å²) in [4.78, 5) is 19.0. The van der Waals surface area contributed by atoms with Crippen LogP contribution in [0.1, 0.15) is 16.1 Å². The average Bonchev–Trinajstić information content (AvgIpc) is 2.82. The summed E-state index contributed by atoms with van der Waals surface area (Å²) in [7, 11) is 0. The van der Waals surface area contributed by atoms with E-state index in [9.17, 15) is 4.79 Å². The number of aromatic carboxylic acids is 1. The molecule has 3 rings (SSSR count). The molecule has 0 unspecified atom stereocenters. The van der Waals surface area contributed by atoms with Gasteiger partial charge in [0.25, 0.3) is 0 Å². The van der Waals surface area contributed by atoms with Gasteiger partial charge in [0.15, 0.2) is 11.3 Å².